The van der Waals surface area contributed by atoms with Crippen LogP contribution in [0, 0.1) is 0 Å². The van der Waals surface area contributed by atoms with Gasteiger partial charge in [-0.15, -0.1) is 0 Å². The summed E-state index contributed by atoms with van der Waals surface area (Å²) in [7, 11) is 3.33. The number of ether oxygens (including phenoxy) is 1. The first-order chi connectivity index (χ1) is 8.00. The number of carboxylic acids is 1. The van der Waals surface area contributed by atoms with Crippen molar-refractivity contribution in [2.75, 3.05) is 20.8 Å². The largest absolute Gasteiger partial charge is 0.480 e. The van der Waals surface area contributed by atoms with Gasteiger partial charge in [-0.3, -0.25) is 9.69 Å². The maximum atomic E-state index is 11.4. The highest BCUT2D eigenvalue weighted by Crippen LogP contribution is 2.21. The molecule has 0 aliphatic carbocycles. The van der Waals surface area contributed by atoms with Crippen molar-refractivity contribution in [3.8, 4) is 0 Å². The lowest BCUT2D eigenvalue weighted by atomic mass is 9.96. The Balaban J connectivity index is 2.72. The first kappa shape index (κ1) is 13.7. The van der Waals surface area contributed by atoms with Crippen molar-refractivity contribution in [1.82, 2.24) is 4.90 Å². The molecule has 0 fully saturated rings. The first-order valence-electron chi connectivity index (χ1n) is 5.46. The topological polar surface area (TPSA) is 62.9 Å². The number of aliphatic carboxylic acids is 1. The molecule has 0 saturated heterocycles. The van der Waals surface area contributed by atoms with Crippen LogP contribution < -0.4 is 0 Å². The predicted molar refractivity (Wildman–Crippen MR) is 62.7 cm³/mol. The van der Waals surface area contributed by atoms with Gasteiger partial charge in [0, 0.05) is 13.7 Å². The average Bonchev–Trinajstić information content (AvgIpc) is 2.78. The van der Waals surface area contributed by atoms with Crippen molar-refractivity contribution in [2.45, 2.75) is 25.4 Å². The number of hydrogen-bond acceptors (Lipinski definition) is 4. The number of carbonyl (C=O) groups is 1. The standard InChI is InChI=1S/C12H19NO4/c1-12(11(14)15,6-8-16-3)13(2)9-10-5-4-7-17-10/h4-5,7H,6,8-9H2,1-3H3,(H,14,15). The molecular weight excluding hydrogens is 222 g/mol. The Bertz CT molecular complexity index is 349. The molecule has 1 aromatic heterocycles. The van der Waals surface area contributed by atoms with E-state index in [9.17, 15) is 9.90 Å². The number of likely N-dealkylation sites (N-methyl/N-ethyl adjacent to an activating group) is 1. The fourth-order valence-electron chi connectivity index (χ4n) is 1.57. The van der Waals surface area contributed by atoms with Gasteiger partial charge in [0.15, 0.2) is 0 Å². The summed E-state index contributed by atoms with van der Waals surface area (Å²) in [4.78, 5) is 13.1. The fraction of sp³-hybridized carbons (Fsp3) is 0.583. The van der Waals surface area contributed by atoms with E-state index >= 15 is 0 Å². The van der Waals surface area contributed by atoms with Gasteiger partial charge in [-0.1, -0.05) is 0 Å². The minimum atomic E-state index is -0.956. The Morgan fingerprint density at radius 2 is 2.35 bits per heavy atom. The third-order valence-corrected chi connectivity index (χ3v) is 3.07. The van der Waals surface area contributed by atoms with E-state index in [1.807, 2.05) is 6.07 Å². The summed E-state index contributed by atoms with van der Waals surface area (Å²) < 4.78 is 10.2. The molecule has 0 aliphatic heterocycles. The van der Waals surface area contributed by atoms with Gasteiger partial charge >= 0.3 is 5.97 Å². The molecule has 1 aromatic rings. The van der Waals surface area contributed by atoms with E-state index in [1.54, 1.807) is 38.3 Å². The van der Waals surface area contributed by atoms with Crippen LogP contribution >= 0.6 is 0 Å². The molecule has 96 valence electrons. The van der Waals surface area contributed by atoms with Crippen LogP contribution in [0.25, 0.3) is 0 Å². The Labute approximate surface area is 101 Å². The lowest BCUT2D eigenvalue weighted by Gasteiger charge is -2.34. The van der Waals surface area contributed by atoms with E-state index in [1.165, 1.54) is 0 Å². The molecule has 0 aromatic carbocycles. The van der Waals surface area contributed by atoms with Gasteiger partial charge in [0.2, 0.25) is 0 Å². The smallest absolute Gasteiger partial charge is 0.323 e. The Kier molecular flexibility index (Phi) is 4.72. The molecule has 5 heteroatoms. The monoisotopic (exact) mass is 241 g/mol. The quantitative estimate of drug-likeness (QED) is 0.785. The van der Waals surface area contributed by atoms with Crippen LogP contribution in [0.4, 0.5) is 0 Å². The maximum absolute atomic E-state index is 11.4. The predicted octanol–water partition coefficient (Wildman–Crippen LogP) is 1.59. The molecule has 1 N–H and O–H groups in total. The average molecular weight is 241 g/mol. The molecule has 0 amide bonds. The van der Waals surface area contributed by atoms with E-state index in [-0.39, 0.29) is 0 Å². The Hall–Kier alpha value is -1.33. The third kappa shape index (κ3) is 3.31. The Morgan fingerprint density at radius 1 is 1.65 bits per heavy atom. The molecule has 5 nitrogen and oxygen atoms in total. The van der Waals surface area contributed by atoms with Crippen LogP contribution in [0.3, 0.4) is 0 Å². The van der Waals surface area contributed by atoms with Crippen LogP contribution in [0.2, 0.25) is 0 Å². The van der Waals surface area contributed by atoms with Crippen molar-refractivity contribution in [3.63, 3.8) is 0 Å². The van der Waals surface area contributed by atoms with Crippen LogP contribution in [-0.4, -0.2) is 42.3 Å². The van der Waals surface area contributed by atoms with Crippen molar-refractivity contribution >= 4 is 5.97 Å². The van der Waals surface area contributed by atoms with Gasteiger partial charge in [-0.25, -0.2) is 0 Å². The highest BCUT2D eigenvalue weighted by molar-refractivity contribution is 5.78. The number of furan rings is 1. The van der Waals surface area contributed by atoms with Crippen LogP contribution in [0.1, 0.15) is 19.1 Å². The molecule has 0 aliphatic rings. The van der Waals surface area contributed by atoms with Gasteiger partial charge < -0.3 is 14.3 Å². The van der Waals surface area contributed by atoms with Crippen LogP contribution in [0.15, 0.2) is 22.8 Å². The first-order valence-corrected chi connectivity index (χ1v) is 5.46. The van der Waals surface area contributed by atoms with Crippen LogP contribution in [-0.2, 0) is 16.1 Å². The minimum Gasteiger partial charge on any atom is -0.480 e. The van der Waals surface area contributed by atoms with Gasteiger partial charge in [0.25, 0.3) is 0 Å². The molecule has 1 heterocycles. The van der Waals surface area contributed by atoms with Gasteiger partial charge in [0.05, 0.1) is 12.8 Å². The molecule has 0 spiro atoms. The van der Waals surface area contributed by atoms with E-state index in [4.69, 9.17) is 9.15 Å². The third-order valence-electron chi connectivity index (χ3n) is 3.07. The highest BCUT2D eigenvalue weighted by Gasteiger charge is 2.37. The van der Waals surface area contributed by atoms with Crippen molar-refractivity contribution < 1.29 is 19.1 Å². The minimum absolute atomic E-state index is 0.408. The molecule has 1 atom stereocenters. The second kappa shape index (κ2) is 5.84. The van der Waals surface area contributed by atoms with Crippen molar-refractivity contribution in [2.24, 2.45) is 0 Å². The number of rotatable bonds is 7. The normalized spacial score (nSPS) is 14.8. The number of nitrogens with zero attached hydrogens (tertiary/aromatic N) is 1. The zero-order valence-electron chi connectivity index (χ0n) is 10.5. The number of hydrogen-bond donors (Lipinski definition) is 1. The zero-order chi connectivity index (χ0) is 12.9. The van der Waals surface area contributed by atoms with E-state index in [2.05, 4.69) is 0 Å². The maximum Gasteiger partial charge on any atom is 0.323 e. The van der Waals surface area contributed by atoms with Gasteiger partial charge in [-0.05, 0) is 32.5 Å². The lowest BCUT2D eigenvalue weighted by Crippen LogP contribution is -2.50. The zero-order valence-corrected chi connectivity index (χ0v) is 10.5. The molecule has 17 heavy (non-hydrogen) atoms. The summed E-state index contributed by atoms with van der Waals surface area (Å²) in [5, 5.41) is 9.33. The van der Waals surface area contributed by atoms with E-state index < -0.39 is 11.5 Å². The number of carboxylic acid groups (broad SMARTS) is 1. The summed E-state index contributed by atoms with van der Waals surface area (Å²) in [6.07, 6.45) is 2.01. The summed E-state index contributed by atoms with van der Waals surface area (Å²) in [5.41, 5.74) is -0.956. The molecule has 0 saturated carbocycles. The van der Waals surface area contributed by atoms with E-state index in [0.29, 0.717) is 19.6 Å². The van der Waals surface area contributed by atoms with Gasteiger partial charge in [0.1, 0.15) is 11.3 Å². The second-order valence-electron chi connectivity index (χ2n) is 4.26. The molecule has 0 bridgehead atoms. The summed E-state index contributed by atoms with van der Waals surface area (Å²) in [6.45, 7) is 2.56. The lowest BCUT2D eigenvalue weighted by molar-refractivity contribution is -0.151. The summed E-state index contributed by atoms with van der Waals surface area (Å²) in [6, 6.07) is 3.62. The SMILES string of the molecule is COCCC(C)(C(=O)O)N(C)Cc1ccco1. The van der Waals surface area contributed by atoms with Crippen molar-refractivity contribution in [3.05, 3.63) is 24.2 Å². The number of methoxy groups -OCH3 is 1. The molecule has 0 radical (unpaired) electrons. The van der Waals surface area contributed by atoms with Crippen molar-refractivity contribution in [1.29, 1.82) is 0 Å². The van der Waals surface area contributed by atoms with Crippen LogP contribution in [0.5, 0.6) is 0 Å². The Morgan fingerprint density at radius 3 is 2.82 bits per heavy atom. The van der Waals surface area contributed by atoms with Gasteiger partial charge in [-0.2, -0.15) is 0 Å². The second-order valence-corrected chi connectivity index (χ2v) is 4.26. The van der Waals surface area contributed by atoms with E-state index in [0.717, 1.165) is 5.76 Å². The summed E-state index contributed by atoms with van der Waals surface area (Å²) in [5.74, 6) is -0.110. The fourth-order valence-corrected chi connectivity index (χ4v) is 1.57. The molecule has 1 rings (SSSR count). The molecule has 1 unspecified atom stereocenters. The molecular formula is C12H19NO4. The highest BCUT2D eigenvalue weighted by atomic mass is 16.5. The summed E-state index contributed by atoms with van der Waals surface area (Å²) >= 11 is 0.